The quantitative estimate of drug-likeness (QED) is 0.291. The number of aliphatic carboxylic acids is 2. The minimum Gasteiger partial charge on any atom is -0.481 e. The van der Waals surface area contributed by atoms with Gasteiger partial charge in [-0.25, -0.2) is 4.79 Å². The summed E-state index contributed by atoms with van der Waals surface area (Å²) in [6.45, 7) is 1.49. The Morgan fingerprint density at radius 1 is 1.24 bits per heavy atom. The molecule has 1 aliphatic heterocycles. The molecule has 0 spiro atoms. The first kappa shape index (κ1) is 23.4. The van der Waals surface area contributed by atoms with Gasteiger partial charge in [0.15, 0.2) is 0 Å². The number of carboxylic acids is 2. The van der Waals surface area contributed by atoms with Crippen LogP contribution >= 0.6 is 0 Å². The van der Waals surface area contributed by atoms with Gasteiger partial charge in [0.05, 0.1) is 6.67 Å². The van der Waals surface area contributed by atoms with Gasteiger partial charge in [-0.15, -0.1) is 0 Å². The van der Waals surface area contributed by atoms with E-state index in [2.05, 4.69) is 20.9 Å². The third kappa shape index (κ3) is 5.50. The molecule has 0 unspecified atom stereocenters. The summed E-state index contributed by atoms with van der Waals surface area (Å²) in [7, 11) is 1.80. The van der Waals surface area contributed by atoms with Crippen molar-refractivity contribution >= 4 is 41.0 Å². The fourth-order valence-corrected chi connectivity index (χ4v) is 3.37. The highest BCUT2D eigenvalue weighted by molar-refractivity contribution is 5.96. The van der Waals surface area contributed by atoms with Crippen molar-refractivity contribution in [1.82, 2.24) is 14.9 Å². The number of fused-ring (bicyclic) bond motifs is 1. The van der Waals surface area contributed by atoms with Gasteiger partial charge < -0.3 is 36.8 Å². The van der Waals surface area contributed by atoms with E-state index in [0.29, 0.717) is 30.3 Å². The number of carbonyl (C=O) groups excluding carboxylic acids is 1. The van der Waals surface area contributed by atoms with Gasteiger partial charge in [-0.05, 0) is 30.7 Å². The minimum atomic E-state index is -1.31. The zero-order valence-electron chi connectivity index (χ0n) is 17.9. The molecular weight excluding hydrogens is 434 g/mol. The van der Waals surface area contributed by atoms with Crippen LogP contribution < -0.4 is 32.1 Å². The van der Waals surface area contributed by atoms with Crippen LogP contribution in [0.1, 0.15) is 23.2 Å². The van der Waals surface area contributed by atoms with Crippen molar-refractivity contribution in [2.45, 2.75) is 25.6 Å². The van der Waals surface area contributed by atoms with Crippen molar-refractivity contribution in [1.29, 1.82) is 0 Å². The number of nitrogen functional groups attached to an aromatic ring is 1. The van der Waals surface area contributed by atoms with Gasteiger partial charge in [0.25, 0.3) is 11.5 Å². The first-order valence-corrected chi connectivity index (χ1v) is 10.1. The van der Waals surface area contributed by atoms with Crippen LogP contribution in [0.15, 0.2) is 29.1 Å². The molecule has 3 rings (SSSR count). The maximum absolute atomic E-state index is 12.3. The summed E-state index contributed by atoms with van der Waals surface area (Å²) in [4.78, 5) is 52.2. The molecule has 13 nitrogen and oxygen atoms in total. The van der Waals surface area contributed by atoms with E-state index < -0.39 is 29.4 Å². The second-order valence-corrected chi connectivity index (χ2v) is 7.46. The molecule has 1 amide bonds. The molecule has 0 fully saturated rings. The van der Waals surface area contributed by atoms with Crippen molar-refractivity contribution < 1.29 is 24.6 Å². The zero-order valence-corrected chi connectivity index (χ0v) is 17.9. The highest BCUT2D eigenvalue weighted by Crippen LogP contribution is 2.25. The first-order valence-electron chi connectivity index (χ1n) is 10.1. The standard InChI is InChI=1S/C20H25N7O6/c1-26-9-8-22-16-15(26)18(31)25-20(21)27(16)10-23-12-4-2-11(3-5-12)17(30)24-13(19(32)33)6-7-14(28)29/h2-5,13,22-23H,6-10H2,1H3,(H,24,30)(H,28,29)(H,32,33)(H2,21,25,31)/t13-/m1/s1. The Hall–Kier alpha value is -4.29. The first-order chi connectivity index (χ1) is 15.7. The fraction of sp³-hybridized carbons (Fsp3) is 0.350. The second kappa shape index (κ2) is 9.89. The van der Waals surface area contributed by atoms with Crippen LogP contribution in [0, 0.1) is 0 Å². The predicted octanol–water partition coefficient (Wildman–Crippen LogP) is -0.195. The Bertz CT molecular complexity index is 1120. The lowest BCUT2D eigenvalue weighted by molar-refractivity contribution is -0.140. The van der Waals surface area contributed by atoms with Crippen LogP contribution in [-0.4, -0.2) is 63.8 Å². The van der Waals surface area contributed by atoms with Crippen molar-refractivity contribution in [3.8, 4) is 0 Å². The molecule has 7 N–H and O–H groups in total. The number of aromatic nitrogens is 2. The number of nitrogens with zero attached hydrogens (tertiary/aromatic N) is 3. The highest BCUT2D eigenvalue weighted by Gasteiger charge is 2.23. The lowest BCUT2D eigenvalue weighted by Crippen LogP contribution is -2.41. The molecule has 1 aromatic carbocycles. The largest absolute Gasteiger partial charge is 0.481 e. The van der Waals surface area contributed by atoms with E-state index in [1.165, 1.54) is 12.1 Å². The number of nitrogens with two attached hydrogens (primary N) is 1. The molecule has 1 atom stereocenters. The summed E-state index contributed by atoms with van der Waals surface area (Å²) in [5.41, 5.74) is 6.83. The Labute approximate surface area is 188 Å². The third-order valence-electron chi connectivity index (χ3n) is 5.15. The van der Waals surface area contributed by atoms with E-state index in [1.807, 2.05) is 4.90 Å². The number of benzene rings is 1. The maximum atomic E-state index is 12.3. The SMILES string of the molecule is CN1CCNc2c1c(=O)nc(N)n2CNc1ccc(C(=O)N[C@H](CCC(=O)O)C(=O)O)cc1. The van der Waals surface area contributed by atoms with Gasteiger partial charge in [0.1, 0.15) is 17.5 Å². The van der Waals surface area contributed by atoms with Crippen LogP contribution in [0.3, 0.4) is 0 Å². The van der Waals surface area contributed by atoms with Gasteiger partial charge >= 0.3 is 11.9 Å². The molecule has 0 bridgehead atoms. The predicted molar refractivity (Wildman–Crippen MR) is 120 cm³/mol. The fourth-order valence-electron chi connectivity index (χ4n) is 3.37. The summed E-state index contributed by atoms with van der Waals surface area (Å²) in [6.07, 6.45) is -0.601. The van der Waals surface area contributed by atoms with Gasteiger partial charge in [0, 0.05) is 37.8 Å². The number of nitrogens with one attached hydrogen (secondary N) is 3. The second-order valence-electron chi connectivity index (χ2n) is 7.46. The minimum absolute atomic E-state index is 0.0473. The Morgan fingerprint density at radius 3 is 2.58 bits per heavy atom. The van der Waals surface area contributed by atoms with Gasteiger partial charge in [-0.3, -0.25) is 19.0 Å². The molecule has 13 heteroatoms. The zero-order chi connectivity index (χ0) is 24.1. The number of carbonyl (C=O) groups is 3. The summed E-state index contributed by atoms with van der Waals surface area (Å²) in [5.74, 6) is -2.48. The van der Waals surface area contributed by atoms with Gasteiger partial charge in [-0.1, -0.05) is 0 Å². The third-order valence-corrected chi connectivity index (χ3v) is 5.15. The smallest absolute Gasteiger partial charge is 0.326 e. The average molecular weight is 459 g/mol. The van der Waals surface area contributed by atoms with E-state index in [0.717, 1.165) is 0 Å². The Balaban J connectivity index is 1.68. The molecular formula is C20H25N7O6. The number of rotatable bonds is 9. The van der Waals surface area contributed by atoms with Crippen LogP contribution in [-0.2, 0) is 16.3 Å². The number of hydrogen-bond donors (Lipinski definition) is 6. The number of anilines is 4. The summed E-state index contributed by atoms with van der Waals surface area (Å²) < 4.78 is 1.63. The molecule has 0 aliphatic carbocycles. The molecule has 2 heterocycles. The Kier molecular flexibility index (Phi) is 7.00. The number of likely N-dealkylation sites (N-methyl/N-ethyl adjacent to an activating group) is 1. The summed E-state index contributed by atoms with van der Waals surface area (Å²) in [5, 5.41) is 26.5. The maximum Gasteiger partial charge on any atom is 0.326 e. The van der Waals surface area contributed by atoms with Crippen LogP contribution in [0.4, 0.5) is 23.1 Å². The lowest BCUT2D eigenvalue weighted by atomic mass is 10.1. The van der Waals surface area contributed by atoms with Crippen LogP contribution in [0.5, 0.6) is 0 Å². The van der Waals surface area contributed by atoms with Crippen molar-refractivity contribution in [2.24, 2.45) is 0 Å². The van der Waals surface area contributed by atoms with E-state index in [4.69, 9.17) is 10.8 Å². The van der Waals surface area contributed by atoms with Gasteiger partial charge in [0.2, 0.25) is 5.95 Å². The topological polar surface area (TPSA) is 192 Å². The highest BCUT2D eigenvalue weighted by atomic mass is 16.4. The van der Waals surface area contributed by atoms with Crippen LogP contribution in [0.2, 0.25) is 0 Å². The molecule has 33 heavy (non-hydrogen) atoms. The molecule has 1 aromatic heterocycles. The van der Waals surface area contributed by atoms with E-state index >= 15 is 0 Å². The molecule has 0 radical (unpaired) electrons. The summed E-state index contributed by atoms with van der Waals surface area (Å²) in [6, 6.07) is 4.95. The van der Waals surface area contributed by atoms with E-state index in [1.54, 1.807) is 23.7 Å². The molecule has 176 valence electrons. The number of amides is 1. The lowest BCUT2D eigenvalue weighted by Gasteiger charge is -2.30. The van der Waals surface area contributed by atoms with E-state index in [-0.39, 0.29) is 31.0 Å². The monoisotopic (exact) mass is 459 g/mol. The number of hydrogen-bond acceptors (Lipinski definition) is 9. The normalized spacial score (nSPS) is 13.4. The van der Waals surface area contributed by atoms with E-state index in [9.17, 15) is 24.3 Å². The van der Waals surface area contributed by atoms with Crippen molar-refractivity contribution in [2.75, 3.05) is 41.4 Å². The molecule has 1 aliphatic rings. The molecule has 0 saturated carbocycles. The van der Waals surface area contributed by atoms with Crippen molar-refractivity contribution in [3.63, 3.8) is 0 Å². The van der Waals surface area contributed by atoms with Crippen LogP contribution in [0.25, 0.3) is 0 Å². The Morgan fingerprint density at radius 2 is 1.94 bits per heavy atom. The summed E-state index contributed by atoms with van der Waals surface area (Å²) >= 11 is 0. The number of carboxylic acid groups (broad SMARTS) is 2. The average Bonchev–Trinajstić information content (AvgIpc) is 2.76. The van der Waals surface area contributed by atoms with Gasteiger partial charge in [-0.2, -0.15) is 4.98 Å². The van der Waals surface area contributed by atoms with Crippen molar-refractivity contribution in [3.05, 3.63) is 40.2 Å². The molecule has 2 aromatic rings. The molecule has 0 saturated heterocycles.